The average molecular weight is 350 g/mol. The van der Waals surface area contributed by atoms with Crippen molar-refractivity contribution in [3.63, 3.8) is 0 Å². The van der Waals surface area contributed by atoms with Crippen molar-refractivity contribution in [3.05, 3.63) is 70.4 Å². The summed E-state index contributed by atoms with van der Waals surface area (Å²) >= 11 is 0. The molecule has 0 radical (unpaired) electrons. The molecule has 1 aliphatic carbocycles. The molecule has 0 bridgehead atoms. The number of aromatic nitrogens is 3. The maximum absolute atomic E-state index is 12.7. The van der Waals surface area contributed by atoms with Crippen LogP contribution in [0.4, 0.5) is 0 Å². The quantitative estimate of drug-likeness (QED) is 0.662. The highest BCUT2D eigenvalue weighted by atomic mass is 16.3. The molecular weight excluding hydrogens is 332 g/mol. The number of hydrogen-bond donors (Lipinski definition) is 3. The summed E-state index contributed by atoms with van der Waals surface area (Å²) in [7, 11) is 0. The first-order valence-corrected chi connectivity index (χ1v) is 8.51. The molecule has 2 heterocycles. The maximum atomic E-state index is 12.7. The van der Waals surface area contributed by atoms with E-state index in [1.54, 1.807) is 36.5 Å². The van der Waals surface area contributed by atoms with Gasteiger partial charge < -0.3 is 15.4 Å². The van der Waals surface area contributed by atoms with Gasteiger partial charge in [-0.2, -0.15) is 0 Å². The lowest BCUT2D eigenvalue weighted by Crippen LogP contribution is -2.43. The molecule has 26 heavy (non-hydrogen) atoms. The largest absolute Gasteiger partial charge is 0.393 e. The van der Waals surface area contributed by atoms with Gasteiger partial charge in [0.15, 0.2) is 5.69 Å². The summed E-state index contributed by atoms with van der Waals surface area (Å²) < 4.78 is 0. The van der Waals surface area contributed by atoms with Crippen LogP contribution in [0.25, 0.3) is 11.0 Å². The van der Waals surface area contributed by atoms with Crippen LogP contribution >= 0.6 is 0 Å². The van der Waals surface area contributed by atoms with Gasteiger partial charge in [-0.25, -0.2) is 4.98 Å². The number of aliphatic hydroxyl groups excluding tert-OH is 1. The van der Waals surface area contributed by atoms with Gasteiger partial charge in [0.2, 0.25) is 0 Å². The second kappa shape index (κ2) is 6.68. The minimum atomic E-state index is -0.547. The van der Waals surface area contributed by atoms with Crippen molar-refractivity contribution in [1.82, 2.24) is 20.3 Å². The lowest BCUT2D eigenvalue weighted by Gasteiger charge is -2.37. The summed E-state index contributed by atoms with van der Waals surface area (Å²) in [6, 6.07) is 12.2. The number of pyridine rings is 1. The fourth-order valence-electron chi connectivity index (χ4n) is 3.29. The van der Waals surface area contributed by atoms with Crippen LogP contribution in [-0.4, -0.2) is 32.1 Å². The molecule has 3 aromatic rings. The molecule has 1 atom stereocenters. The minimum Gasteiger partial charge on any atom is -0.393 e. The number of carbonyl (C=O) groups is 1. The molecule has 132 valence electrons. The van der Waals surface area contributed by atoms with Crippen LogP contribution in [0.5, 0.6) is 0 Å². The van der Waals surface area contributed by atoms with E-state index in [4.69, 9.17) is 0 Å². The maximum Gasteiger partial charge on any atom is 0.280 e. The zero-order valence-electron chi connectivity index (χ0n) is 13.9. The van der Waals surface area contributed by atoms with E-state index in [2.05, 4.69) is 20.3 Å². The van der Waals surface area contributed by atoms with E-state index in [1.165, 1.54) is 0 Å². The number of fused-ring (bicyclic) bond motifs is 1. The van der Waals surface area contributed by atoms with E-state index < -0.39 is 11.5 Å². The third kappa shape index (κ3) is 3.09. The van der Waals surface area contributed by atoms with Crippen molar-refractivity contribution >= 4 is 16.9 Å². The van der Waals surface area contributed by atoms with E-state index in [0.29, 0.717) is 29.6 Å². The van der Waals surface area contributed by atoms with E-state index in [0.717, 1.165) is 0 Å². The topological polar surface area (TPSA) is 108 Å². The highest BCUT2D eigenvalue weighted by molar-refractivity contribution is 5.93. The van der Waals surface area contributed by atoms with Crippen LogP contribution < -0.4 is 10.9 Å². The Labute approximate surface area is 149 Å². The van der Waals surface area contributed by atoms with Gasteiger partial charge in [0.05, 0.1) is 28.9 Å². The number of H-pyrrole nitrogens is 1. The number of nitrogens with one attached hydrogen (secondary N) is 2. The molecule has 2 aromatic heterocycles. The van der Waals surface area contributed by atoms with Crippen LogP contribution in [0, 0.1) is 5.92 Å². The van der Waals surface area contributed by atoms with Gasteiger partial charge in [-0.3, -0.25) is 14.6 Å². The molecule has 0 unspecified atom stereocenters. The number of para-hydroxylation sites is 2. The molecule has 7 heteroatoms. The Balaban J connectivity index is 1.64. The van der Waals surface area contributed by atoms with Crippen molar-refractivity contribution < 1.29 is 9.90 Å². The minimum absolute atomic E-state index is 0.0726. The van der Waals surface area contributed by atoms with Crippen molar-refractivity contribution in [2.24, 2.45) is 5.92 Å². The molecule has 4 rings (SSSR count). The molecule has 0 saturated heterocycles. The zero-order chi connectivity index (χ0) is 18.1. The Morgan fingerprint density at radius 2 is 1.96 bits per heavy atom. The summed E-state index contributed by atoms with van der Waals surface area (Å²) in [5.74, 6) is -0.475. The predicted molar refractivity (Wildman–Crippen MR) is 95.5 cm³/mol. The standard InChI is InChI=1S/C19H18N4O3/c24-12-9-11(10-12)16(15-7-3-4-8-20-15)23-19(26)17-18(25)22-14-6-2-1-5-13(14)21-17/h1-8,11-12,16,24H,9-10H2,(H,22,25)(H,23,26)/t11?,12?,16-/m1/s1. The van der Waals surface area contributed by atoms with E-state index in [9.17, 15) is 14.7 Å². The van der Waals surface area contributed by atoms with Crippen molar-refractivity contribution in [3.8, 4) is 0 Å². The number of benzene rings is 1. The Hall–Kier alpha value is -3.06. The van der Waals surface area contributed by atoms with Crippen LogP contribution in [0.2, 0.25) is 0 Å². The third-order valence-electron chi connectivity index (χ3n) is 4.73. The third-order valence-corrected chi connectivity index (χ3v) is 4.73. The molecule has 1 amide bonds. The fraction of sp³-hybridized carbons (Fsp3) is 0.263. The number of carbonyl (C=O) groups excluding carboxylic acids is 1. The summed E-state index contributed by atoms with van der Waals surface area (Å²) in [4.78, 5) is 36.2. The second-order valence-electron chi connectivity index (χ2n) is 6.52. The predicted octanol–water partition coefficient (Wildman–Crippen LogP) is 1.56. The average Bonchev–Trinajstić information content (AvgIpc) is 2.64. The van der Waals surface area contributed by atoms with Crippen LogP contribution in [0.1, 0.15) is 35.1 Å². The SMILES string of the molecule is O=C(N[C@@H](c1ccccn1)C1CC(O)C1)c1nc2ccccc2[nH]c1=O. The van der Waals surface area contributed by atoms with Gasteiger partial charge in [-0.05, 0) is 43.0 Å². The lowest BCUT2D eigenvalue weighted by atomic mass is 9.76. The van der Waals surface area contributed by atoms with Gasteiger partial charge in [0, 0.05) is 6.20 Å². The Morgan fingerprint density at radius 1 is 1.19 bits per heavy atom. The van der Waals surface area contributed by atoms with Gasteiger partial charge in [0.1, 0.15) is 0 Å². The monoisotopic (exact) mass is 350 g/mol. The number of rotatable bonds is 4. The fourth-order valence-corrected chi connectivity index (χ4v) is 3.29. The number of nitrogens with zero attached hydrogens (tertiary/aromatic N) is 2. The molecule has 0 aliphatic heterocycles. The summed E-state index contributed by atoms with van der Waals surface area (Å²) in [6.07, 6.45) is 2.47. The molecule has 0 spiro atoms. The molecule has 1 saturated carbocycles. The first-order chi connectivity index (χ1) is 12.6. The highest BCUT2D eigenvalue weighted by Crippen LogP contribution is 2.37. The number of hydrogen-bond acceptors (Lipinski definition) is 5. The molecule has 1 aliphatic rings. The number of aromatic amines is 1. The normalized spacial score (nSPS) is 20.3. The van der Waals surface area contributed by atoms with Crippen LogP contribution in [0.15, 0.2) is 53.5 Å². The van der Waals surface area contributed by atoms with Crippen LogP contribution in [0.3, 0.4) is 0 Å². The summed E-state index contributed by atoms with van der Waals surface area (Å²) in [5.41, 5.74) is 1.12. The van der Waals surface area contributed by atoms with Gasteiger partial charge in [0.25, 0.3) is 11.5 Å². The highest BCUT2D eigenvalue weighted by Gasteiger charge is 2.36. The molecule has 7 nitrogen and oxygen atoms in total. The van der Waals surface area contributed by atoms with Gasteiger partial charge in [-0.1, -0.05) is 18.2 Å². The van der Waals surface area contributed by atoms with Crippen molar-refractivity contribution in [1.29, 1.82) is 0 Å². The van der Waals surface area contributed by atoms with Gasteiger partial charge in [-0.15, -0.1) is 0 Å². The first kappa shape index (κ1) is 16.4. The number of aliphatic hydroxyl groups is 1. The van der Waals surface area contributed by atoms with Crippen LogP contribution in [-0.2, 0) is 0 Å². The Kier molecular flexibility index (Phi) is 4.22. The van der Waals surface area contributed by atoms with E-state index >= 15 is 0 Å². The molecule has 3 N–H and O–H groups in total. The van der Waals surface area contributed by atoms with E-state index in [1.807, 2.05) is 12.1 Å². The Bertz CT molecular complexity index is 996. The zero-order valence-corrected chi connectivity index (χ0v) is 13.9. The van der Waals surface area contributed by atoms with Crippen molar-refractivity contribution in [2.45, 2.75) is 25.0 Å². The summed E-state index contributed by atoms with van der Waals surface area (Å²) in [5, 5.41) is 12.5. The molecule has 1 aromatic carbocycles. The van der Waals surface area contributed by atoms with E-state index in [-0.39, 0.29) is 23.8 Å². The second-order valence-corrected chi connectivity index (χ2v) is 6.52. The summed E-state index contributed by atoms with van der Waals surface area (Å²) in [6.45, 7) is 0. The lowest BCUT2D eigenvalue weighted by molar-refractivity contribution is 0.0227. The number of amides is 1. The van der Waals surface area contributed by atoms with Crippen molar-refractivity contribution in [2.75, 3.05) is 0 Å². The smallest absolute Gasteiger partial charge is 0.280 e. The molecular formula is C19H18N4O3. The van der Waals surface area contributed by atoms with Gasteiger partial charge >= 0.3 is 0 Å². The first-order valence-electron chi connectivity index (χ1n) is 8.51. The Morgan fingerprint density at radius 3 is 2.69 bits per heavy atom. The molecule has 1 fully saturated rings.